The average molecular weight is 272 g/mol. The molecule has 3 rings (SSSR count). The number of carbonyl (C=O) groups excluding carboxylic acids is 1. The van der Waals surface area contributed by atoms with Gasteiger partial charge in [0.1, 0.15) is 0 Å². The van der Waals surface area contributed by atoms with Gasteiger partial charge in [-0.3, -0.25) is 9.69 Å². The number of amides is 1. The molecule has 1 amide bonds. The fraction of sp³-hybridized carbons (Fsp3) is 0.588. The summed E-state index contributed by atoms with van der Waals surface area (Å²) >= 11 is 0. The van der Waals surface area contributed by atoms with Gasteiger partial charge in [0.15, 0.2) is 0 Å². The second kappa shape index (κ2) is 5.96. The number of likely N-dealkylation sites (tertiary alicyclic amines) is 2. The van der Waals surface area contributed by atoms with Crippen LogP contribution < -0.4 is 0 Å². The van der Waals surface area contributed by atoms with Gasteiger partial charge in [-0.05, 0) is 44.8 Å². The van der Waals surface area contributed by atoms with Gasteiger partial charge in [-0.1, -0.05) is 36.2 Å². The summed E-state index contributed by atoms with van der Waals surface area (Å²) in [4.78, 5) is 17.0. The van der Waals surface area contributed by atoms with Gasteiger partial charge < -0.3 is 4.90 Å². The maximum atomic E-state index is 12.6. The van der Waals surface area contributed by atoms with E-state index >= 15 is 0 Å². The smallest absolute Gasteiger partial charge is 0.240 e. The molecular weight excluding hydrogens is 248 g/mol. The third-order valence-corrected chi connectivity index (χ3v) is 4.59. The number of rotatable bonds is 3. The van der Waals surface area contributed by atoms with E-state index in [0.717, 1.165) is 32.6 Å². The molecule has 0 aliphatic carbocycles. The lowest BCUT2D eigenvalue weighted by atomic mass is 10.1. The van der Waals surface area contributed by atoms with Crippen molar-refractivity contribution in [3.8, 4) is 0 Å². The molecule has 0 radical (unpaired) electrons. The second-order valence-corrected chi connectivity index (χ2v) is 6.15. The van der Waals surface area contributed by atoms with E-state index in [9.17, 15) is 4.79 Å². The van der Waals surface area contributed by atoms with E-state index in [-0.39, 0.29) is 6.04 Å². The average Bonchev–Trinajstić information content (AvgIpc) is 2.84. The largest absolute Gasteiger partial charge is 0.337 e. The molecule has 2 saturated heterocycles. The minimum absolute atomic E-state index is 0.153. The van der Waals surface area contributed by atoms with Crippen molar-refractivity contribution in [1.82, 2.24) is 9.80 Å². The first kappa shape index (κ1) is 13.6. The van der Waals surface area contributed by atoms with Gasteiger partial charge in [0.25, 0.3) is 0 Å². The highest BCUT2D eigenvalue weighted by Gasteiger charge is 2.35. The van der Waals surface area contributed by atoms with Crippen LogP contribution in [0.3, 0.4) is 0 Å². The second-order valence-electron chi connectivity index (χ2n) is 6.15. The molecule has 2 aliphatic rings. The fourth-order valence-electron chi connectivity index (χ4n) is 3.36. The van der Waals surface area contributed by atoms with E-state index in [0.29, 0.717) is 5.91 Å². The summed E-state index contributed by atoms with van der Waals surface area (Å²) in [6.07, 6.45) is 4.83. The number of carbonyl (C=O) groups is 1. The zero-order valence-corrected chi connectivity index (χ0v) is 12.3. The van der Waals surface area contributed by atoms with Crippen LogP contribution >= 0.6 is 0 Å². The van der Waals surface area contributed by atoms with Crippen molar-refractivity contribution in [2.45, 2.75) is 45.2 Å². The Labute approximate surface area is 121 Å². The first-order valence-corrected chi connectivity index (χ1v) is 7.82. The molecule has 3 nitrogen and oxygen atoms in total. The highest BCUT2D eigenvalue weighted by atomic mass is 16.2. The van der Waals surface area contributed by atoms with E-state index in [1.54, 1.807) is 0 Å². The minimum Gasteiger partial charge on any atom is -0.337 e. The van der Waals surface area contributed by atoms with Crippen LogP contribution in [0.25, 0.3) is 0 Å². The van der Waals surface area contributed by atoms with Crippen molar-refractivity contribution < 1.29 is 4.79 Å². The highest BCUT2D eigenvalue weighted by molar-refractivity contribution is 5.84. The molecule has 0 saturated carbocycles. The molecule has 2 fully saturated rings. The number of piperidine rings is 1. The van der Waals surface area contributed by atoms with Crippen molar-refractivity contribution in [3.63, 3.8) is 0 Å². The van der Waals surface area contributed by atoms with Gasteiger partial charge in [-0.25, -0.2) is 0 Å². The topological polar surface area (TPSA) is 23.6 Å². The Morgan fingerprint density at radius 2 is 1.75 bits per heavy atom. The van der Waals surface area contributed by atoms with Crippen molar-refractivity contribution in [2.24, 2.45) is 0 Å². The summed E-state index contributed by atoms with van der Waals surface area (Å²) in [5, 5.41) is 0. The van der Waals surface area contributed by atoms with Crippen LogP contribution in [0, 0.1) is 6.92 Å². The Hall–Kier alpha value is -1.35. The molecule has 2 heterocycles. The normalized spacial score (nSPS) is 24.4. The number of aryl methyl sites for hydroxylation is 1. The molecule has 1 unspecified atom stereocenters. The highest BCUT2D eigenvalue weighted by Crippen LogP contribution is 2.22. The first-order valence-electron chi connectivity index (χ1n) is 7.82. The Bertz CT molecular complexity index is 462. The quantitative estimate of drug-likeness (QED) is 0.844. The van der Waals surface area contributed by atoms with Gasteiger partial charge >= 0.3 is 0 Å². The molecule has 1 aromatic rings. The van der Waals surface area contributed by atoms with Crippen LogP contribution in [-0.2, 0) is 11.3 Å². The number of hydrogen-bond acceptors (Lipinski definition) is 2. The lowest BCUT2D eigenvalue weighted by Gasteiger charge is -2.31. The van der Waals surface area contributed by atoms with Crippen molar-refractivity contribution in [1.29, 1.82) is 0 Å². The summed E-state index contributed by atoms with van der Waals surface area (Å²) in [6, 6.07) is 8.67. The molecule has 3 heteroatoms. The minimum atomic E-state index is 0.153. The molecule has 1 atom stereocenters. The maximum absolute atomic E-state index is 12.6. The Morgan fingerprint density at radius 1 is 1.05 bits per heavy atom. The van der Waals surface area contributed by atoms with Crippen molar-refractivity contribution in [2.75, 3.05) is 19.6 Å². The van der Waals surface area contributed by atoms with Crippen molar-refractivity contribution in [3.05, 3.63) is 35.4 Å². The van der Waals surface area contributed by atoms with Gasteiger partial charge in [0, 0.05) is 13.1 Å². The van der Waals surface area contributed by atoms with Crippen LogP contribution in [0.5, 0.6) is 0 Å². The standard InChI is InChI=1S/C17H24N2O/c1-14-5-7-15(8-6-14)13-19-12-9-16(17(19)20)18-10-3-2-4-11-18/h5-8,16H,2-4,9-13H2,1H3. The first-order chi connectivity index (χ1) is 9.74. The maximum Gasteiger partial charge on any atom is 0.240 e. The molecule has 108 valence electrons. The van der Waals surface area contributed by atoms with Crippen LogP contribution in [0.1, 0.15) is 36.8 Å². The number of nitrogens with zero attached hydrogens (tertiary/aromatic N) is 2. The Balaban J connectivity index is 1.61. The molecule has 0 aromatic heterocycles. The molecule has 0 bridgehead atoms. The number of benzene rings is 1. The third kappa shape index (κ3) is 2.88. The molecular formula is C17H24N2O. The lowest BCUT2D eigenvalue weighted by molar-refractivity contribution is -0.132. The van der Waals surface area contributed by atoms with E-state index in [2.05, 4.69) is 36.1 Å². The molecule has 20 heavy (non-hydrogen) atoms. The number of hydrogen-bond donors (Lipinski definition) is 0. The van der Waals surface area contributed by atoms with Gasteiger partial charge in [-0.15, -0.1) is 0 Å². The molecule has 0 spiro atoms. The summed E-state index contributed by atoms with van der Waals surface area (Å²) in [7, 11) is 0. The van der Waals surface area contributed by atoms with Crippen LogP contribution in [0.2, 0.25) is 0 Å². The van der Waals surface area contributed by atoms with E-state index in [4.69, 9.17) is 0 Å². The van der Waals surface area contributed by atoms with Gasteiger partial charge in [0.2, 0.25) is 5.91 Å². The van der Waals surface area contributed by atoms with E-state index < -0.39 is 0 Å². The van der Waals surface area contributed by atoms with Crippen LogP contribution in [0.15, 0.2) is 24.3 Å². The monoisotopic (exact) mass is 272 g/mol. The van der Waals surface area contributed by atoms with E-state index in [1.807, 2.05) is 4.90 Å². The predicted octanol–water partition coefficient (Wildman–Crippen LogP) is 2.58. The zero-order chi connectivity index (χ0) is 13.9. The Kier molecular flexibility index (Phi) is 4.06. The molecule has 2 aliphatic heterocycles. The summed E-state index contributed by atoms with van der Waals surface area (Å²) in [5.41, 5.74) is 2.51. The molecule has 0 N–H and O–H groups in total. The summed E-state index contributed by atoms with van der Waals surface area (Å²) in [6.45, 7) is 5.98. The SMILES string of the molecule is Cc1ccc(CN2CCC(N3CCCCC3)C2=O)cc1. The summed E-state index contributed by atoms with van der Waals surface area (Å²) < 4.78 is 0. The summed E-state index contributed by atoms with van der Waals surface area (Å²) in [5.74, 6) is 0.340. The van der Waals surface area contributed by atoms with Gasteiger partial charge in [-0.2, -0.15) is 0 Å². The lowest BCUT2D eigenvalue weighted by Crippen LogP contribution is -2.44. The van der Waals surface area contributed by atoms with Crippen molar-refractivity contribution >= 4 is 5.91 Å². The van der Waals surface area contributed by atoms with Gasteiger partial charge in [0.05, 0.1) is 6.04 Å². The van der Waals surface area contributed by atoms with Crippen LogP contribution in [-0.4, -0.2) is 41.4 Å². The zero-order valence-electron chi connectivity index (χ0n) is 12.3. The Morgan fingerprint density at radius 3 is 2.45 bits per heavy atom. The predicted molar refractivity (Wildman–Crippen MR) is 80.4 cm³/mol. The van der Waals surface area contributed by atoms with E-state index in [1.165, 1.54) is 30.4 Å². The van der Waals surface area contributed by atoms with Crippen LogP contribution in [0.4, 0.5) is 0 Å². The molecule has 1 aromatic carbocycles. The third-order valence-electron chi connectivity index (χ3n) is 4.59. The fourth-order valence-corrected chi connectivity index (χ4v) is 3.36.